The maximum absolute atomic E-state index is 12.3. The molecule has 1 unspecified atom stereocenters. The molecule has 0 aromatic heterocycles. The first kappa shape index (κ1) is 16.0. The Labute approximate surface area is 91.5 Å². The summed E-state index contributed by atoms with van der Waals surface area (Å²) in [4.78, 5) is 10.4. The number of hydrogen-bond acceptors (Lipinski definition) is 3. The summed E-state index contributed by atoms with van der Waals surface area (Å²) in [6.07, 6.45) is -10.1. The van der Waals surface area contributed by atoms with Crippen molar-refractivity contribution in [2.75, 3.05) is 13.2 Å². The van der Waals surface area contributed by atoms with Crippen LogP contribution < -0.4 is 5.32 Å². The number of ether oxygens (including phenoxy) is 1. The molecular formula is C7H9F6NO3. The minimum absolute atomic E-state index is 0.308. The summed E-state index contributed by atoms with van der Waals surface area (Å²) in [7, 11) is 0. The van der Waals surface area contributed by atoms with Crippen LogP contribution in [0.1, 0.15) is 6.92 Å². The largest absolute Gasteiger partial charge is 0.522 e. The van der Waals surface area contributed by atoms with E-state index >= 15 is 0 Å². The molecule has 0 saturated heterocycles. The smallest absolute Gasteiger partial charge is 0.480 e. The van der Waals surface area contributed by atoms with E-state index in [4.69, 9.17) is 5.11 Å². The number of nitrogens with one attached hydrogen (secondary N) is 1. The average Bonchev–Trinajstić information content (AvgIpc) is 2.08. The van der Waals surface area contributed by atoms with Crippen LogP contribution in [0.4, 0.5) is 26.3 Å². The van der Waals surface area contributed by atoms with Crippen molar-refractivity contribution >= 4 is 5.97 Å². The van der Waals surface area contributed by atoms with Gasteiger partial charge in [-0.3, -0.25) is 10.1 Å². The molecule has 4 nitrogen and oxygen atoms in total. The van der Waals surface area contributed by atoms with E-state index in [2.05, 4.69) is 4.74 Å². The van der Waals surface area contributed by atoms with E-state index in [9.17, 15) is 31.1 Å². The van der Waals surface area contributed by atoms with Crippen molar-refractivity contribution in [3.05, 3.63) is 0 Å². The van der Waals surface area contributed by atoms with E-state index in [1.165, 1.54) is 5.32 Å². The topological polar surface area (TPSA) is 58.6 Å². The van der Waals surface area contributed by atoms with Crippen LogP contribution in [0.3, 0.4) is 0 Å². The summed E-state index contributed by atoms with van der Waals surface area (Å²) in [5.41, 5.74) is -3.32. The maximum atomic E-state index is 12.3. The molecule has 17 heavy (non-hydrogen) atoms. The SMILES string of the molecule is CC(NCCOC(F)(F)F)(C(=O)O)C(F)(F)F. The van der Waals surface area contributed by atoms with Gasteiger partial charge in [0.15, 0.2) is 0 Å². The minimum atomic E-state index is -5.14. The van der Waals surface area contributed by atoms with Gasteiger partial charge in [0.2, 0.25) is 5.54 Å². The van der Waals surface area contributed by atoms with Crippen molar-refractivity contribution < 1.29 is 41.0 Å². The van der Waals surface area contributed by atoms with Crippen LogP contribution in [0, 0.1) is 0 Å². The Kier molecular flexibility index (Phi) is 4.78. The van der Waals surface area contributed by atoms with Crippen LogP contribution in [0.25, 0.3) is 0 Å². The van der Waals surface area contributed by atoms with Gasteiger partial charge >= 0.3 is 18.5 Å². The van der Waals surface area contributed by atoms with Gasteiger partial charge in [0, 0.05) is 6.54 Å². The lowest BCUT2D eigenvalue weighted by Crippen LogP contribution is -2.60. The molecule has 2 N–H and O–H groups in total. The van der Waals surface area contributed by atoms with Crippen molar-refractivity contribution in [2.45, 2.75) is 25.0 Å². The third-order valence-electron chi connectivity index (χ3n) is 1.84. The maximum Gasteiger partial charge on any atom is 0.522 e. The summed E-state index contributed by atoms with van der Waals surface area (Å²) in [5, 5.41) is 9.84. The third kappa shape index (κ3) is 4.77. The molecule has 0 amide bonds. The summed E-state index contributed by atoms with van der Waals surface area (Å²) >= 11 is 0. The Balaban J connectivity index is 4.37. The lowest BCUT2D eigenvalue weighted by molar-refractivity contribution is -0.324. The molecule has 0 aliphatic carbocycles. The second-order valence-corrected chi connectivity index (χ2v) is 3.15. The second kappa shape index (κ2) is 5.08. The van der Waals surface area contributed by atoms with E-state index in [-0.39, 0.29) is 0 Å². The zero-order chi connectivity index (χ0) is 13.9. The number of carboxylic acids is 1. The van der Waals surface area contributed by atoms with Crippen molar-refractivity contribution in [3.8, 4) is 0 Å². The van der Waals surface area contributed by atoms with Crippen molar-refractivity contribution in [1.82, 2.24) is 5.32 Å². The molecule has 102 valence electrons. The van der Waals surface area contributed by atoms with E-state index in [1.54, 1.807) is 0 Å². The van der Waals surface area contributed by atoms with E-state index in [0.29, 0.717) is 6.92 Å². The van der Waals surface area contributed by atoms with Gasteiger partial charge in [-0.1, -0.05) is 0 Å². The Morgan fingerprint density at radius 2 is 1.71 bits per heavy atom. The van der Waals surface area contributed by atoms with E-state index < -0.39 is 37.2 Å². The Morgan fingerprint density at radius 3 is 2.00 bits per heavy atom. The van der Waals surface area contributed by atoms with Crippen LogP contribution in [-0.2, 0) is 9.53 Å². The molecule has 0 saturated carbocycles. The first-order valence-electron chi connectivity index (χ1n) is 4.16. The highest BCUT2D eigenvalue weighted by atomic mass is 19.4. The van der Waals surface area contributed by atoms with Gasteiger partial charge in [-0.15, -0.1) is 13.2 Å². The fourth-order valence-corrected chi connectivity index (χ4v) is 0.765. The third-order valence-corrected chi connectivity index (χ3v) is 1.84. The second-order valence-electron chi connectivity index (χ2n) is 3.15. The molecule has 0 aliphatic rings. The lowest BCUT2D eigenvalue weighted by Gasteiger charge is -2.28. The lowest BCUT2D eigenvalue weighted by atomic mass is 10.0. The first-order valence-corrected chi connectivity index (χ1v) is 4.16. The average molecular weight is 269 g/mol. The Bertz CT molecular complexity index is 276. The number of alkyl halides is 6. The van der Waals surface area contributed by atoms with Crippen molar-refractivity contribution in [3.63, 3.8) is 0 Å². The van der Waals surface area contributed by atoms with Gasteiger partial charge in [0.1, 0.15) is 0 Å². The Morgan fingerprint density at radius 1 is 1.24 bits per heavy atom. The van der Waals surface area contributed by atoms with E-state index in [1.807, 2.05) is 0 Å². The summed E-state index contributed by atoms with van der Waals surface area (Å²) in [6, 6.07) is 0. The van der Waals surface area contributed by atoms with Crippen LogP contribution in [-0.4, -0.2) is 42.3 Å². The molecule has 0 rings (SSSR count). The molecule has 0 heterocycles. The van der Waals surface area contributed by atoms with Gasteiger partial charge in [0.05, 0.1) is 6.61 Å². The van der Waals surface area contributed by atoms with Crippen molar-refractivity contribution in [2.24, 2.45) is 0 Å². The predicted octanol–water partition coefficient (Wildman–Crippen LogP) is 1.52. The normalized spacial score (nSPS) is 16.6. The summed E-state index contributed by atoms with van der Waals surface area (Å²) in [6.45, 7) is -1.73. The number of halogens is 6. The number of carboxylic acid groups (broad SMARTS) is 1. The monoisotopic (exact) mass is 269 g/mol. The number of rotatable bonds is 5. The summed E-state index contributed by atoms with van der Waals surface area (Å²) in [5.74, 6) is -2.24. The van der Waals surface area contributed by atoms with Gasteiger partial charge < -0.3 is 5.11 Å². The van der Waals surface area contributed by atoms with Crippen LogP contribution in [0.15, 0.2) is 0 Å². The molecule has 0 fully saturated rings. The van der Waals surface area contributed by atoms with Crippen LogP contribution >= 0.6 is 0 Å². The van der Waals surface area contributed by atoms with Crippen LogP contribution in [0.5, 0.6) is 0 Å². The predicted molar refractivity (Wildman–Crippen MR) is 42.1 cm³/mol. The van der Waals surface area contributed by atoms with Crippen LogP contribution in [0.2, 0.25) is 0 Å². The number of carbonyl (C=O) groups is 1. The molecule has 0 radical (unpaired) electrons. The Hall–Kier alpha value is -1.03. The zero-order valence-electron chi connectivity index (χ0n) is 8.45. The fourth-order valence-electron chi connectivity index (χ4n) is 0.765. The van der Waals surface area contributed by atoms with Gasteiger partial charge in [-0.25, -0.2) is 4.79 Å². The standard InChI is InChI=1S/C7H9F6NO3/c1-5(4(15)16,6(8,9)10)14-2-3-17-7(11,12)13/h14H,2-3H2,1H3,(H,15,16). The van der Waals surface area contributed by atoms with E-state index in [0.717, 1.165) is 0 Å². The number of aliphatic carboxylic acids is 1. The molecule has 10 heteroatoms. The molecular weight excluding hydrogens is 260 g/mol. The molecule has 0 aliphatic heterocycles. The molecule has 1 atom stereocenters. The molecule has 0 bridgehead atoms. The van der Waals surface area contributed by atoms with Gasteiger partial charge in [-0.05, 0) is 6.92 Å². The number of hydrogen-bond donors (Lipinski definition) is 2. The highest BCUT2D eigenvalue weighted by molar-refractivity contribution is 5.79. The zero-order valence-corrected chi connectivity index (χ0v) is 8.45. The molecule has 0 spiro atoms. The molecule has 0 aromatic rings. The summed E-state index contributed by atoms with van der Waals surface area (Å²) < 4.78 is 74.6. The highest BCUT2D eigenvalue weighted by Crippen LogP contribution is 2.30. The first-order chi connectivity index (χ1) is 7.40. The van der Waals surface area contributed by atoms with Gasteiger partial charge in [-0.2, -0.15) is 13.2 Å². The fraction of sp³-hybridized carbons (Fsp3) is 0.857. The van der Waals surface area contributed by atoms with Gasteiger partial charge in [0.25, 0.3) is 0 Å². The quantitative estimate of drug-likeness (QED) is 0.587. The highest BCUT2D eigenvalue weighted by Gasteiger charge is 2.57. The van der Waals surface area contributed by atoms with Crippen molar-refractivity contribution in [1.29, 1.82) is 0 Å². The molecule has 0 aromatic carbocycles. The minimum Gasteiger partial charge on any atom is -0.480 e.